The lowest BCUT2D eigenvalue weighted by Gasteiger charge is -2.68. The number of rotatable bonds is 23. The molecule has 0 spiro atoms. The summed E-state index contributed by atoms with van der Waals surface area (Å²) < 4.78 is 72.8. The predicted octanol–water partition coefficient (Wildman–Crippen LogP) is 15.8. The van der Waals surface area contributed by atoms with Gasteiger partial charge in [-0.2, -0.15) is 0 Å². The van der Waals surface area contributed by atoms with Crippen LogP contribution in [0.1, 0.15) is 215 Å². The molecule has 6 aliphatic carbocycles. The van der Waals surface area contributed by atoms with Crippen molar-refractivity contribution in [2.24, 2.45) is 45.3 Å². The van der Waals surface area contributed by atoms with E-state index in [9.17, 15) is 48.9 Å². The minimum atomic E-state index is -2.94. The number of hydrogen-bond donors (Lipinski definition) is 5. The second-order valence-electron chi connectivity index (χ2n) is 43.3. The number of nitrogens with one attached hydrogen (secondary N) is 2. The van der Waals surface area contributed by atoms with Gasteiger partial charge in [-0.15, -0.1) is 0 Å². The molecule has 15 rings (SSSR count). The van der Waals surface area contributed by atoms with E-state index in [-0.39, 0.29) is 60.3 Å². The second kappa shape index (κ2) is 38.6. The third kappa shape index (κ3) is 18.6. The Labute approximate surface area is 814 Å². The number of benzene rings is 6. The largest absolute Gasteiger partial charge is 0.456 e. The van der Waals surface area contributed by atoms with Crippen molar-refractivity contribution in [2.75, 3.05) is 13.2 Å². The van der Waals surface area contributed by atoms with Crippen LogP contribution in [0, 0.1) is 45.3 Å². The number of amides is 2. The van der Waals surface area contributed by atoms with Crippen LogP contribution in [-0.4, -0.2) is 203 Å². The lowest BCUT2D eigenvalue weighted by Crippen LogP contribution is -2.81. The van der Waals surface area contributed by atoms with E-state index >= 15 is 19.2 Å². The minimum Gasteiger partial charge on any atom is -0.456 e. The predicted molar refractivity (Wildman–Crippen MR) is 517 cm³/mol. The molecule has 742 valence electrons. The van der Waals surface area contributed by atoms with Crippen molar-refractivity contribution in [3.05, 3.63) is 256 Å². The Morgan fingerprint density at radius 2 is 0.820 bits per heavy atom. The van der Waals surface area contributed by atoms with Gasteiger partial charge < -0.3 is 77.4 Å². The number of aliphatic hydroxyl groups excluding tert-OH is 1. The summed E-state index contributed by atoms with van der Waals surface area (Å²) >= 11 is 0. The Kier molecular flexibility index (Phi) is 28.8. The lowest BCUT2D eigenvalue weighted by molar-refractivity contribution is -0.340. The first-order chi connectivity index (χ1) is 65.1. The monoisotopic (exact) mass is 1940 g/mol. The number of nitrogens with zero attached hydrogens (tertiary/aromatic N) is 2. The first kappa shape index (κ1) is 104. The number of ketones is 2. The maximum atomic E-state index is 16.3. The summed E-state index contributed by atoms with van der Waals surface area (Å²) in [6, 6.07) is 49.3. The topological polar surface area (TPSA) is 392 Å². The highest BCUT2D eigenvalue weighted by atomic mass is 28.4. The molecule has 5 N–H and O–H groups in total. The number of hydrogen-bond acceptors (Lipinski definition) is 26. The van der Waals surface area contributed by atoms with Crippen LogP contribution in [-0.2, 0) is 80.3 Å². The normalized spacial score (nSPS) is 30.3. The quantitative estimate of drug-likeness (QED) is 0.0172. The lowest BCUT2D eigenvalue weighted by atomic mass is 9.43. The molecule has 2 unspecified atom stereocenters. The zero-order valence-electron chi connectivity index (χ0n) is 83.3. The summed E-state index contributed by atoms with van der Waals surface area (Å²) in [7, 11) is -5.81. The summed E-state index contributed by atoms with van der Waals surface area (Å²) in [5.41, 5.74) is -11.2. The fourth-order valence-electron chi connectivity index (χ4n) is 22.3. The number of Topliss-reactive ketones (excluding diaryl/α,β-unsaturated/α-hetero) is 2. The third-order valence-corrected chi connectivity index (χ3v) is 41.6. The van der Waals surface area contributed by atoms with Crippen molar-refractivity contribution in [1.82, 2.24) is 20.2 Å². The van der Waals surface area contributed by atoms with Crippen molar-refractivity contribution in [3.63, 3.8) is 0 Å². The van der Waals surface area contributed by atoms with E-state index < -0.39 is 239 Å². The van der Waals surface area contributed by atoms with E-state index in [0.29, 0.717) is 27.8 Å². The molecule has 2 amide bonds. The Hall–Kier alpha value is -11.3. The van der Waals surface area contributed by atoms with Crippen molar-refractivity contribution >= 4 is 81.9 Å². The van der Waals surface area contributed by atoms with Gasteiger partial charge in [-0.1, -0.05) is 230 Å². The van der Waals surface area contributed by atoms with Gasteiger partial charge in [0.2, 0.25) is 0 Å². The average Bonchev–Trinajstić information content (AvgIpc) is 0.697. The Morgan fingerprint density at radius 1 is 0.482 bits per heavy atom. The average molecular weight is 1940 g/mol. The van der Waals surface area contributed by atoms with Crippen LogP contribution in [0.2, 0.25) is 36.3 Å². The Bertz CT molecular complexity index is 5870. The Morgan fingerprint density at radius 3 is 1.15 bits per heavy atom. The van der Waals surface area contributed by atoms with Gasteiger partial charge in [0.1, 0.15) is 60.3 Å². The maximum Gasteiger partial charge on any atom is 0.420 e. The van der Waals surface area contributed by atoms with Crippen LogP contribution in [0.25, 0.3) is 0 Å². The smallest absolute Gasteiger partial charge is 0.420 e. The van der Waals surface area contributed by atoms with E-state index in [2.05, 4.69) is 15.6 Å². The second-order valence-corrected chi connectivity index (χ2v) is 52.9. The van der Waals surface area contributed by atoms with E-state index in [1.54, 1.807) is 225 Å². The van der Waals surface area contributed by atoms with Crippen LogP contribution >= 0.6 is 0 Å². The first-order valence-electron chi connectivity index (χ1n) is 47.7. The molecule has 4 saturated carbocycles. The van der Waals surface area contributed by atoms with Gasteiger partial charge in [0.25, 0.3) is 11.8 Å². The molecule has 22 atom stereocenters. The molecule has 1 aromatic heterocycles. The fourth-order valence-corrected chi connectivity index (χ4v) is 24.7. The van der Waals surface area contributed by atoms with Crippen molar-refractivity contribution in [2.45, 2.75) is 282 Å². The molecule has 0 radical (unpaired) electrons. The van der Waals surface area contributed by atoms with Gasteiger partial charge in [0.15, 0.2) is 57.7 Å². The molecule has 2 aliphatic heterocycles. The van der Waals surface area contributed by atoms with Gasteiger partial charge in [0, 0.05) is 71.9 Å². The van der Waals surface area contributed by atoms with Crippen molar-refractivity contribution < 1.29 is 120 Å². The van der Waals surface area contributed by atoms with E-state index in [4.69, 9.17) is 51.5 Å². The molecule has 8 aliphatic rings. The summed E-state index contributed by atoms with van der Waals surface area (Å²) in [5, 5.41) is 46.0. The number of fused-ring (bicyclic) bond motifs is 10. The number of ether oxygens (including phenoxy) is 9. The zero-order chi connectivity index (χ0) is 101. The van der Waals surface area contributed by atoms with E-state index in [1.165, 1.54) is 32.6 Å². The highest BCUT2D eigenvalue weighted by molar-refractivity contribution is 6.74. The molecule has 31 heteroatoms. The number of carbonyl (C=O) groups is 11. The van der Waals surface area contributed by atoms with Gasteiger partial charge >= 0.3 is 41.9 Å². The molecule has 3 heterocycles. The van der Waals surface area contributed by atoms with Crippen LogP contribution in [0.4, 0.5) is 4.79 Å². The highest BCUT2D eigenvalue weighted by Gasteiger charge is 2.80. The summed E-state index contributed by atoms with van der Waals surface area (Å²) in [5.74, 6) is -10.7. The van der Waals surface area contributed by atoms with Crippen molar-refractivity contribution in [1.29, 1.82) is 0 Å². The molecule has 6 fully saturated rings. The van der Waals surface area contributed by atoms with Crippen LogP contribution in [0.15, 0.2) is 223 Å². The van der Waals surface area contributed by atoms with Crippen LogP contribution in [0.5, 0.6) is 0 Å². The summed E-state index contributed by atoms with van der Waals surface area (Å²) in [6.07, 6.45) is -11.4. The number of aromatic nitrogens is 2. The van der Waals surface area contributed by atoms with Crippen molar-refractivity contribution in [3.8, 4) is 0 Å². The molecule has 29 nitrogen and oxygen atoms in total. The summed E-state index contributed by atoms with van der Waals surface area (Å²) in [4.78, 5) is 165. The van der Waals surface area contributed by atoms with E-state index in [0.717, 1.165) is 4.57 Å². The van der Waals surface area contributed by atoms with Crippen LogP contribution in [0.3, 0.4) is 0 Å². The zero-order valence-corrected chi connectivity index (χ0v) is 85.3. The number of aliphatic hydroxyl groups is 3. The number of carbonyl (C=O) groups excluding carboxylic acids is 11. The molecule has 139 heavy (non-hydrogen) atoms. The summed E-state index contributed by atoms with van der Waals surface area (Å²) in [6.45, 7) is 39.1. The minimum absolute atomic E-state index is 0.109. The molecular weight excluding hydrogens is 1810 g/mol. The van der Waals surface area contributed by atoms with Gasteiger partial charge in [0.05, 0.1) is 48.3 Å². The standard InChI is InChI=1S/C56H67N3O13Si.C52H65NO12Si/c1-33-29-40-55(31-67-40,71-35(3)60)45-47(70-49(63)38-25-19-14-20-26-38)56(66)30-39(34(2)41(53(56,7)8)43(46(61)54(33,45)9)69-51(65)59-28-27-57-32-59)68-50(64)44(72-73(10,11)52(4,5)6)42(36-21-15-12-16-22-36)58-48(62)37-23-17-13-18-24-37;1-30-27-37-51(29-61-37,64-32(3)54)42-44(63-46(58)35-25-19-14-20-26-35)52(60)28-36(31(2)38(49(52,7)8)40(55)43(56)50(30,42)9)62-47(59)41(65-66(10,11)48(4,5)6)39(33-21-15-12-16-22-33)53-45(57)34-23-17-13-18-24-34/h12-28,32-33,39-40,42-45,47,66H,29-31H2,1-11H3,(H,58,62);12-26,30,36-37,39-42,44,55,60H,27-29H2,1-11H3,(H,53,57)/t33-,39-,40?,42-,43+,44+,45-,47-,54+,55-,56+;30-,36-,37?,39-,40+,41+,42-,44-,50+,51-,52+/m00/s1. The van der Waals surface area contributed by atoms with Crippen LogP contribution < -0.4 is 10.6 Å². The molecule has 2 saturated heterocycles. The fraction of sp³-hybridized carbons (Fsp3) is 0.500. The number of esters is 6. The molecule has 6 aromatic carbocycles. The van der Waals surface area contributed by atoms with Gasteiger partial charge in [-0.25, -0.2) is 33.5 Å². The van der Waals surface area contributed by atoms with Gasteiger partial charge in [-0.3, -0.25) is 28.8 Å². The van der Waals surface area contributed by atoms with Gasteiger partial charge in [-0.05, 0) is 157 Å². The Balaban J connectivity index is 0.000000223. The first-order valence-corrected chi connectivity index (χ1v) is 53.5. The maximum absolute atomic E-state index is 16.3. The highest BCUT2D eigenvalue weighted by Crippen LogP contribution is 2.69. The molecule has 7 aromatic rings. The third-order valence-electron chi connectivity index (χ3n) is 32.7. The van der Waals surface area contributed by atoms with E-state index in [1.807, 2.05) is 93.7 Å². The molecule has 4 bridgehead atoms. The SMILES string of the molecule is CC(=O)O[C@@]12COC1C[C@H](C)[C@@]1(C)C(=O)[C@H](O)C3=C(C)[C@@H](OC(=O)[C@H](O[Si](C)(C)C(C)(C)C)[C@@H](NC(=O)c4ccccc4)c4ccccc4)C[C@@](O)([C@@H](OC(=O)c4ccccc4)[C@@H]12)C3(C)C.CC(=O)O[C@@]12COC1C[C@H](C)[C@@]1(C)C(=O)[C@H](OC(=O)n3ccnc3)C3=C(C)[C@@H](OC(=O)[C@H](O[Si](C)(C)C(C)(C)C)[C@@H](NC(=O)c4ccccc4)c4ccccc4)C[C@@](O)([C@@H](OC(=O)c4ccccc4)[C@@H]12)C3(C)C. The number of imidazole rings is 1. The molecular formula is C108H132N4O25Si2.